The molecule has 0 aromatic heterocycles. The van der Waals surface area contributed by atoms with Crippen LogP contribution in [0.1, 0.15) is 43.2 Å². The van der Waals surface area contributed by atoms with Crippen LogP contribution in [0.15, 0.2) is 54.6 Å². The third kappa shape index (κ3) is 6.29. The van der Waals surface area contributed by atoms with Crippen molar-refractivity contribution in [2.24, 2.45) is 11.1 Å². The van der Waals surface area contributed by atoms with Gasteiger partial charge in [0.05, 0.1) is 5.41 Å². The summed E-state index contributed by atoms with van der Waals surface area (Å²) in [5.41, 5.74) is 9.39. The maximum absolute atomic E-state index is 12.6. The van der Waals surface area contributed by atoms with E-state index in [0.29, 0.717) is 25.2 Å². The summed E-state index contributed by atoms with van der Waals surface area (Å²) in [5, 5.41) is 9.52. The zero-order valence-corrected chi connectivity index (χ0v) is 17.6. The Bertz CT molecular complexity index is 848. The van der Waals surface area contributed by atoms with Crippen LogP contribution in [-0.4, -0.2) is 29.6 Å². The smallest absolute Gasteiger partial charge is 0.335 e. The van der Waals surface area contributed by atoms with Crippen molar-refractivity contribution >= 4 is 11.9 Å². The number of amides is 1. The van der Waals surface area contributed by atoms with Crippen molar-refractivity contribution in [3.05, 3.63) is 65.7 Å². The summed E-state index contributed by atoms with van der Waals surface area (Å²) in [7, 11) is 0. The number of nitrogens with one attached hydrogen (secondary N) is 1. The summed E-state index contributed by atoms with van der Waals surface area (Å²) < 4.78 is 5.75. The summed E-state index contributed by atoms with van der Waals surface area (Å²) in [5.74, 6) is -0.781. The molecule has 0 radical (unpaired) electrons. The van der Waals surface area contributed by atoms with Crippen molar-refractivity contribution in [3.8, 4) is 5.75 Å². The largest absolute Gasteiger partial charge is 0.489 e. The summed E-state index contributed by atoms with van der Waals surface area (Å²) in [4.78, 5) is 29.6. The molecular weight excluding hydrogens is 396 g/mol. The van der Waals surface area contributed by atoms with Crippen LogP contribution in [0, 0.1) is 5.41 Å². The van der Waals surface area contributed by atoms with E-state index in [-0.39, 0.29) is 18.9 Å². The first-order chi connectivity index (χ1) is 15.0. The number of rotatable bonds is 10. The molecular formula is C24H30N2O5. The predicted molar refractivity (Wildman–Crippen MR) is 116 cm³/mol. The van der Waals surface area contributed by atoms with Crippen molar-refractivity contribution in [1.82, 2.24) is 5.48 Å². The van der Waals surface area contributed by atoms with Crippen LogP contribution in [-0.2, 0) is 27.5 Å². The van der Waals surface area contributed by atoms with E-state index in [1.165, 1.54) is 0 Å². The molecule has 1 saturated carbocycles. The zero-order valence-electron chi connectivity index (χ0n) is 17.6. The first kappa shape index (κ1) is 22.8. The highest BCUT2D eigenvalue weighted by atomic mass is 16.7. The van der Waals surface area contributed by atoms with Crippen LogP contribution in [0.2, 0.25) is 0 Å². The Labute approximate surface area is 182 Å². The Kier molecular flexibility index (Phi) is 8.03. The summed E-state index contributed by atoms with van der Waals surface area (Å²) >= 11 is 0. The second-order valence-corrected chi connectivity index (χ2v) is 8.04. The minimum Gasteiger partial charge on any atom is -0.489 e. The van der Waals surface area contributed by atoms with Gasteiger partial charge in [0, 0.05) is 13.0 Å². The second-order valence-electron chi connectivity index (χ2n) is 8.04. The van der Waals surface area contributed by atoms with Gasteiger partial charge in [-0.2, -0.15) is 0 Å². The number of carboxylic acid groups (broad SMARTS) is 1. The van der Waals surface area contributed by atoms with Gasteiger partial charge in [0.2, 0.25) is 0 Å². The SMILES string of the molecule is NCC1(C(=O)NOC(Cc2ccc(OCc3ccccc3)cc2)C(=O)O)CCCCC1. The van der Waals surface area contributed by atoms with E-state index in [1.807, 2.05) is 30.3 Å². The lowest BCUT2D eigenvalue weighted by Crippen LogP contribution is -2.49. The number of aliphatic carboxylic acids is 1. The molecule has 2 aromatic carbocycles. The van der Waals surface area contributed by atoms with Crippen LogP contribution in [0.4, 0.5) is 0 Å². The second kappa shape index (κ2) is 10.9. The highest BCUT2D eigenvalue weighted by Crippen LogP contribution is 2.35. The average molecular weight is 427 g/mol. The molecule has 1 fully saturated rings. The van der Waals surface area contributed by atoms with Gasteiger partial charge >= 0.3 is 5.97 Å². The van der Waals surface area contributed by atoms with Gasteiger partial charge in [-0.1, -0.05) is 61.7 Å². The Morgan fingerprint density at radius 3 is 2.29 bits per heavy atom. The average Bonchev–Trinajstić information content (AvgIpc) is 2.81. The highest BCUT2D eigenvalue weighted by Gasteiger charge is 2.39. The zero-order chi connectivity index (χ0) is 22.1. The van der Waals surface area contributed by atoms with Gasteiger partial charge < -0.3 is 15.6 Å². The van der Waals surface area contributed by atoms with Gasteiger partial charge in [0.25, 0.3) is 5.91 Å². The quantitative estimate of drug-likeness (QED) is 0.503. The molecule has 4 N–H and O–H groups in total. The number of carboxylic acids is 1. The van der Waals surface area contributed by atoms with Crippen molar-refractivity contribution in [2.75, 3.05) is 6.54 Å². The van der Waals surface area contributed by atoms with Gasteiger partial charge in [-0.25, -0.2) is 10.3 Å². The molecule has 0 spiro atoms. The van der Waals surface area contributed by atoms with E-state index >= 15 is 0 Å². The molecule has 1 unspecified atom stereocenters. The number of hydroxylamine groups is 1. The molecule has 31 heavy (non-hydrogen) atoms. The fraction of sp³-hybridized carbons (Fsp3) is 0.417. The first-order valence-corrected chi connectivity index (χ1v) is 10.7. The van der Waals surface area contributed by atoms with Crippen molar-refractivity contribution in [3.63, 3.8) is 0 Å². The normalized spacial score (nSPS) is 16.3. The monoisotopic (exact) mass is 426 g/mol. The third-order valence-electron chi connectivity index (χ3n) is 5.85. The molecule has 7 heteroatoms. The highest BCUT2D eigenvalue weighted by molar-refractivity contribution is 5.82. The van der Waals surface area contributed by atoms with E-state index < -0.39 is 17.5 Å². The molecule has 0 aliphatic heterocycles. The van der Waals surface area contributed by atoms with Gasteiger partial charge in [-0.15, -0.1) is 0 Å². The molecule has 0 saturated heterocycles. The maximum atomic E-state index is 12.6. The van der Waals surface area contributed by atoms with E-state index in [9.17, 15) is 14.7 Å². The maximum Gasteiger partial charge on any atom is 0.335 e. The number of hydrogen-bond acceptors (Lipinski definition) is 5. The molecule has 1 aliphatic carbocycles. The van der Waals surface area contributed by atoms with E-state index in [1.54, 1.807) is 24.3 Å². The minimum absolute atomic E-state index is 0.115. The van der Waals surface area contributed by atoms with Crippen LogP contribution < -0.4 is 16.0 Å². The molecule has 0 bridgehead atoms. The summed E-state index contributed by atoms with van der Waals surface area (Å²) in [6, 6.07) is 17.0. The van der Waals surface area contributed by atoms with Gasteiger partial charge in [0.1, 0.15) is 12.4 Å². The molecule has 1 amide bonds. The van der Waals surface area contributed by atoms with Crippen LogP contribution in [0.25, 0.3) is 0 Å². The molecule has 2 aromatic rings. The van der Waals surface area contributed by atoms with Gasteiger partial charge in [0.15, 0.2) is 6.10 Å². The van der Waals surface area contributed by atoms with Gasteiger partial charge in [-0.05, 0) is 36.1 Å². The van der Waals surface area contributed by atoms with Gasteiger partial charge in [-0.3, -0.25) is 9.63 Å². The Morgan fingerprint density at radius 1 is 1.00 bits per heavy atom. The molecule has 3 rings (SSSR count). The molecule has 0 heterocycles. The number of carbonyl (C=O) groups is 2. The number of hydrogen-bond donors (Lipinski definition) is 3. The van der Waals surface area contributed by atoms with Crippen LogP contribution in [0.3, 0.4) is 0 Å². The molecule has 1 atom stereocenters. The fourth-order valence-electron chi connectivity index (χ4n) is 3.84. The van der Waals surface area contributed by atoms with E-state index in [2.05, 4.69) is 5.48 Å². The lowest BCUT2D eigenvalue weighted by atomic mass is 9.73. The molecule has 166 valence electrons. The summed E-state index contributed by atoms with van der Waals surface area (Å²) in [6.45, 7) is 0.681. The number of nitrogens with two attached hydrogens (primary N) is 1. The summed E-state index contributed by atoms with van der Waals surface area (Å²) in [6.07, 6.45) is 3.26. The third-order valence-corrected chi connectivity index (χ3v) is 5.85. The lowest BCUT2D eigenvalue weighted by molar-refractivity contribution is -0.164. The molecule has 7 nitrogen and oxygen atoms in total. The Hall–Kier alpha value is -2.90. The molecule has 1 aliphatic rings. The number of benzene rings is 2. The van der Waals surface area contributed by atoms with Crippen LogP contribution >= 0.6 is 0 Å². The number of carbonyl (C=O) groups excluding carboxylic acids is 1. The Balaban J connectivity index is 1.53. The topological polar surface area (TPSA) is 111 Å². The first-order valence-electron chi connectivity index (χ1n) is 10.7. The fourth-order valence-corrected chi connectivity index (χ4v) is 3.84. The van der Waals surface area contributed by atoms with E-state index in [0.717, 1.165) is 30.4 Å². The van der Waals surface area contributed by atoms with E-state index in [4.69, 9.17) is 15.3 Å². The van der Waals surface area contributed by atoms with Crippen molar-refractivity contribution in [2.45, 2.75) is 51.2 Å². The minimum atomic E-state index is -1.20. The number of ether oxygens (including phenoxy) is 1. The van der Waals surface area contributed by atoms with Crippen molar-refractivity contribution in [1.29, 1.82) is 0 Å². The standard InChI is InChI=1S/C24H30N2O5/c25-17-24(13-5-2-6-14-24)23(29)26-31-21(22(27)28)15-18-9-11-20(12-10-18)30-16-19-7-3-1-4-8-19/h1,3-4,7-12,21H,2,5-6,13-17,25H2,(H,26,29)(H,27,28). The van der Waals surface area contributed by atoms with Crippen molar-refractivity contribution < 1.29 is 24.3 Å². The van der Waals surface area contributed by atoms with Crippen LogP contribution in [0.5, 0.6) is 5.75 Å². The lowest BCUT2D eigenvalue weighted by Gasteiger charge is -2.34. The predicted octanol–water partition coefficient (Wildman–Crippen LogP) is 3.22. The Morgan fingerprint density at radius 2 is 1.68 bits per heavy atom.